The minimum absolute atomic E-state index is 1.04. The van der Waals surface area contributed by atoms with Crippen molar-refractivity contribution in [3.8, 4) is 12.0 Å². The first kappa shape index (κ1) is 10.4. The van der Waals surface area contributed by atoms with Crippen molar-refractivity contribution in [2.45, 2.75) is 40.0 Å². The van der Waals surface area contributed by atoms with Crippen molar-refractivity contribution in [1.82, 2.24) is 4.90 Å². The molecule has 0 aromatic heterocycles. The Hall–Kier alpha value is -0.640. The standard InChI is InChI=1S/C10H19N/c1-4-7-8-9-10-11(5-2)6-3/h4-8H2,1-3H3. The summed E-state index contributed by atoms with van der Waals surface area (Å²) >= 11 is 0. The summed E-state index contributed by atoms with van der Waals surface area (Å²) in [5.41, 5.74) is 0. The third-order valence-electron chi connectivity index (χ3n) is 1.66. The minimum atomic E-state index is 1.04. The summed E-state index contributed by atoms with van der Waals surface area (Å²) in [6.07, 6.45) is 3.52. The van der Waals surface area contributed by atoms with Gasteiger partial charge in [0.15, 0.2) is 0 Å². The molecule has 0 radical (unpaired) electrons. The summed E-state index contributed by atoms with van der Waals surface area (Å²) in [7, 11) is 0. The summed E-state index contributed by atoms with van der Waals surface area (Å²) in [5.74, 6) is 3.16. The predicted molar refractivity (Wildman–Crippen MR) is 50.2 cm³/mol. The summed E-state index contributed by atoms with van der Waals surface area (Å²) in [6.45, 7) is 8.54. The summed E-state index contributed by atoms with van der Waals surface area (Å²) in [6, 6.07) is 3.14. The van der Waals surface area contributed by atoms with Gasteiger partial charge < -0.3 is 4.90 Å². The quantitative estimate of drug-likeness (QED) is 0.341. The number of rotatable bonds is 4. The predicted octanol–water partition coefficient (Wildman–Crippen LogP) is 2.48. The molecule has 0 bridgehead atoms. The van der Waals surface area contributed by atoms with Gasteiger partial charge >= 0.3 is 0 Å². The second-order valence-electron chi connectivity index (χ2n) is 2.56. The molecule has 0 aromatic carbocycles. The van der Waals surface area contributed by atoms with E-state index in [0.717, 1.165) is 19.5 Å². The molecule has 0 unspecified atom stereocenters. The molecule has 0 aliphatic carbocycles. The molecule has 1 nitrogen and oxygen atoms in total. The fraction of sp³-hybridized carbons (Fsp3) is 0.800. The van der Waals surface area contributed by atoms with Gasteiger partial charge in [0, 0.05) is 25.6 Å². The number of hydrogen-bond donors (Lipinski definition) is 0. The molecule has 0 N–H and O–H groups in total. The van der Waals surface area contributed by atoms with E-state index in [-0.39, 0.29) is 0 Å². The van der Waals surface area contributed by atoms with Crippen molar-refractivity contribution in [3.63, 3.8) is 0 Å². The Balaban J connectivity index is 3.47. The lowest BCUT2D eigenvalue weighted by atomic mass is 10.3. The second kappa shape index (κ2) is 7.47. The number of hydrogen-bond acceptors (Lipinski definition) is 1. The Labute approximate surface area is 70.8 Å². The molecule has 0 aromatic rings. The first-order chi connectivity index (χ1) is 5.35. The van der Waals surface area contributed by atoms with Gasteiger partial charge in [-0.05, 0) is 20.3 Å². The molecule has 0 spiro atoms. The third kappa shape index (κ3) is 5.79. The first-order valence-electron chi connectivity index (χ1n) is 4.58. The molecule has 0 amide bonds. The van der Waals surface area contributed by atoms with E-state index in [1.54, 1.807) is 0 Å². The normalized spacial score (nSPS) is 8.64. The van der Waals surface area contributed by atoms with E-state index >= 15 is 0 Å². The molecule has 0 aliphatic heterocycles. The molecule has 1 heteroatoms. The Bertz CT molecular complexity index is 126. The van der Waals surface area contributed by atoms with Crippen LogP contribution in [0.4, 0.5) is 0 Å². The van der Waals surface area contributed by atoms with Crippen LogP contribution >= 0.6 is 0 Å². The van der Waals surface area contributed by atoms with Crippen molar-refractivity contribution in [2.24, 2.45) is 0 Å². The molecule has 0 fully saturated rings. The van der Waals surface area contributed by atoms with Gasteiger partial charge in [0.05, 0.1) is 0 Å². The van der Waals surface area contributed by atoms with Crippen LogP contribution in [0.2, 0.25) is 0 Å². The van der Waals surface area contributed by atoms with Crippen LogP contribution in [0.15, 0.2) is 0 Å². The van der Waals surface area contributed by atoms with Crippen molar-refractivity contribution < 1.29 is 0 Å². The second-order valence-corrected chi connectivity index (χ2v) is 2.56. The van der Waals surface area contributed by atoms with E-state index in [2.05, 4.69) is 37.6 Å². The third-order valence-corrected chi connectivity index (χ3v) is 1.66. The zero-order chi connectivity index (χ0) is 8.53. The topological polar surface area (TPSA) is 3.24 Å². The Morgan fingerprint density at radius 1 is 1.09 bits per heavy atom. The van der Waals surface area contributed by atoms with Crippen LogP contribution in [0.5, 0.6) is 0 Å². The van der Waals surface area contributed by atoms with Gasteiger partial charge in [-0.2, -0.15) is 0 Å². The van der Waals surface area contributed by atoms with Gasteiger partial charge in [-0.3, -0.25) is 0 Å². The molecular formula is C10H19N. The lowest BCUT2D eigenvalue weighted by molar-refractivity contribution is 0.443. The largest absolute Gasteiger partial charge is 0.333 e. The molecule has 64 valence electrons. The Kier molecular flexibility index (Phi) is 7.03. The SMILES string of the molecule is CCCCC#CN(CC)CC. The molecule has 0 rings (SSSR count). The molecule has 0 heterocycles. The van der Waals surface area contributed by atoms with Crippen molar-refractivity contribution >= 4 is 0 Å². The molecule has 11 heavy (non-hydrogen) atoms. The van der Waals surface area contributed by atoms with Gasteiger partial charge in [0.1, 0.15) is 0 Å². The maximum absolute atomic E-state index is 3.16. The Morgan fingerprint density at radius 2 is 1.73 bits per heavy atom. The van der Waals surface area contributed by atoms with Gasteiger partial charge in [-0.15, -0.1) is 0 Å². The molecular weight excluding hydrogens is 134 g/mol. The summed E-state index contributed by atoms with van der Waals surface area (Å²) in [5, 5.41) is 0. The van der Waals surface area contributed by atoms with Gasteiger partial charge in [-0.25, -0.2) is 0 Å². The number of unbranched alkanes of at least 4 members (excludes halogenated alkanes) is 2. The fourth-order valence-electron chi connectivity index (χ4n) is 0.815. The molecule has 0 aliphatic rings. The lowest BCUT2D eigenvalue weighted by Crippen LogP contribution is -2.15. The average Bonchev–Trinajstić information content (AvgIpc) is 2.05. The average molecular weight is 153 g/mol. The summed E-state index contributed by atoms with van der Waals surface area (Å²) < 4.78 is 0. The Morgan fingerprint density at radius 3 is 2.18 bits per heavy atom. The van der Waals surface area contributed by atoms with Crippen LogP contribution in [-0.2, 0) is 0 Å². The highest BCUT2D eigenvalue weighted by molar-refractivity contribution is 4.97. The lowest BCUT2D eigenvalue weighted by Gasteiger charge is -2.10. The van der Waals surface area contributed by atoms with Gasteiger partial charge in [0.25, 0.3) is 0 Å². The zero-order valence-electron chi connectivity index (χ0n) is 7.98. The number of nitrogens with zero attached hydrogens (tertiary/aromatic N) is 1. The van der Waals surface area contributed by atoms with E-state index < -0.39 is 0 Å². The smallest absolute Gasteiger partial charge is 0.0232 e. The van der Waals surface area contributed by atoms with Crippen LogP contribution < -0.4 is 0 Å². The highest BCUT2D eigenvalue weighted by Gasteiger charge is 1.87. The first-order valence-corrected chi connectivity index (χ1v) is 4.58. The van der Waals surface area contributed by atoms with Crippen molar-refractivity contribution in [2.75, 3.05) is 13.1 Å². The van der Waals surface area contributed by atoms with Crippen molar-refractivity contribution in [1.29, 1.82) is 0 Å². The van der Waals surface area contributed by atoms with Crippen LogP contribution in [0, 0.1) is 12.0 Å². The minimum Gasteiger partial charge on any atom is -0.333 e. The van der Waals surface area contributed by atoms with Crippen LogP contribution in [0.25, 0.3) is 0 Å². The van der Waals surface area contributed by atoms with Crippen molar-refractivity contribution in [3.05, 3.63) is 0 Å². The van der Waals surface area contributed by atoms with E-state index in [1.165, 1.54) is 12.8 Å². The molecule has 0 saturated heterocycles. The van der Waals surface area contributed by atoms with Crippen LogP contribution in [0.1, 0.15) is 40.0 Å². The highest BCUT2D eigenvalue weighted by Crippen LogP contribution is 1.91. The van der Waals surface area contributed by atoms with Gasteiger partial charge in [0.2, 0.25) is 0 Å². The highest BCUT2D eigenvalue weighted by atomic mass is 15.1. The van der Waals surface area contributed by atoms with E-state index in [4.69, 9.17) is 0 Å². The maximum atomic E-state index is 3.16. The van der Waals surface area contributed by atoms with Crippen LogP contribution in [0.3, 0.4) is 0 Å². The monoisotopic (exact) mass is 153 g/mol. The summed E-state index contributed by atoms with van der Waals surface area (Å²) in [4.78, 5) is 2.13. The van der Waals surface area contributed by atoms with E-state index in [1.807, 2.05) is 0 Å². The van der Waals surface area contributed by atoms with Crippen LogP contribution in [-0.4, -0.2) is 18.0 Å². The molecule has 0 atom stereocenters. The van der Waals surface area contributed by atoms with E-state index in [0.29, 0.717) is 0 Å². The zero-order valence-corrected chi connectivity index (χ0v) is 7.98. The van der Waals surface area contributed by atoms with Gasteiger partial charge in [-0.1, -0.05) is 19.3 Å². The fourth-order valence-corrected chi connectivity index (χ4v) is 0.815. The maximum Gasteiger partial charge on any atom is 0.0232 e. The van der Waals surface area contributed by atoms with E-state index in [9.17, 15) is 0 Å². The molecule has 0 saturated carbocycles.